The summed E-state index contributed by atoms with van der Waals surface area (Å²) < 4.78 is 19.4. The van der Waals surface area contributed by atoms with Crippen LogP contribution in [0.5, 0.6) is 0 Å². The Bertz CT molecular complexity index is 260. The fourth-order valence-corrected chi connectivity index (χ4v) is 0.963. The third kappa shape index (κ3) is 2.06. The molecule has 0 heterocycles. The first-order chi connectivity index (χ1) is 4.79. The largest absolute Gasteiger partial charge is 0.436 e. The van der Waals surface area contributed by atoms with Gasteiger partial charge in [-0.15, -0.1) is 10.8 Å². The Labute approximate surface area is 61.2 Å². The molecule has 3 nitrogen and oxygen atoms in total. The topological polar surface area (TPSA) is 53.0 Å². The van der Waals surface area contributed by atoms with Gasteiger partial charge in [0.1, 0.15) is 0 Å². The number of benzene rings is 1. The summed E-state index contributed by atoms with van der Waals surface area (Å²) in [5, 5.41) is 0. The molecule has 1 aromatic rings. The van der Waals surface area contributed by atoms with Crippen LogP contribution in [0.15, 0.2) is 30.3 Å². The molecule has 0 radical (unpaired) electrons. The van der Waals surface area contributed by atoms with Gasteiger partial charge in [-0.2, -0.15) is 0 Å². The molecule has 0 fully saturated rings. The first-order valence-corrected chi connectivity index (χ1v) is 3.89. The van der Waals surface area contributed by atoms with Gasteiger partial charge < -0.3 is 13.7 Å². The van der Waals surface area contributed by atoms with Gasteiger partial charge in [-0.05, 0) is 12.1 Å². The van der Waals surface area contributed by atoms with Crippen LogP contribution in [-0.4, -0.2) is 0 Å². The molecule has 0 aliphatic carbocycles. The highest BCUT2D eigenvalue weighted by Crippen LogP contribution is 2.03. The molecule has 54 valence electrons. The predicted molar refractivity (Wildman–Crippen MR) is 40.8 cm³/mol. The van der Waals surface area contributed by atoms with E-state index >= 15 is 0 Å². The Morgan fingerprint density at radius 2 is 1.90 bits per heavy atom. The maximum Gasteiger partial charge on any atom is 0.0180 e. The van der Waals surface area contributed by atoms with Crippen molar-refractivity contribution in [3.05, 3.63) is 30.3 Å². The second-order valence-electron chi connectivity index (χ2n) is 1.74. The molecule has 0 saturated carbocycles. The van der Waals surface area contributed by atoms with Crippen LogP contribution in [0.1, 0.15) is 0 Å². The lowest BCUT2D eigenvalue weighted by atomic mass is 10.3. The van der Waals surface area contributed by atoms with Crippen molar-refractivity contribution < 1.29 is 4.21 Å². The molecule has 0 amide bonds. The molecular formula is C6H7N2OS-. The minimum absolute atomic E-state index is 0.704. The van der Waals surface area contributed by atoms with E-state index in [4.69, 9.17) is 4.78 Å². The molecule has 0 spiro atoms. The highest BCUT2D eigenvalue weighted by molar-refractivity contribution is 7.74. The zero-order valence-corrected chi connectivity index (χ0v) is 6.02. The molecule has 0 atom stereocenters. The van der Waals surface area contributed by atoms with E-state index < -0.39 is 10.8 Å². The lowest BCUT2D eigenvalue weighted by molar-refractivity contribution is 0.601. The van der Waals surface area contributed by atoms with Gasteiger partial charge in [0.05, 0.1) is 0 Å². The summed E-state index contributed by atoms with van der Waals surface area (Å²) in [6.07, 6.45) is 0. The second-order valence-corrected chi connectivity index (χ2v) is 2.48. The lowest BCUT2D eigenvalue weighted by Gasteiger charge is -2.04. The molecule has 0 aromatic heterocycles. The summed E-state index contributed by atoms with van der Waals surface area (Å²) in [5.74, 6) is 0. The number of hydrogen-bond donors (Lipinski definition) is 2. The van der Waals surface area contributed by atoms with Crippen LogP contribution in [0.25, 0.3) is 0 Å². The molecule has 0 bridgehead atoms. The average Bonchev–Trinajstić information content (AvgIpc) is 1.88. The van der Waals surface area contributed by atoms with Crippen molar-refractivity contribution >= 4 is 16.5 Å². The summed E-state index contributed by atoms with van der Waals surface area (Å²) in [5.41, 5.74) is 0.704. The first kappa shape index (κ1) is 7.08. The Balaban J connectivity index is 2.77. The van der Waals surface area contributed by atoms with Gasteiger partial charge in [-0.1, -0.05) is 18.2 Å². The fraction of sp³-hybridized carbons (Fsp3) is 0. The average molecular weight is 155 g/mol. The quantitative estimate of drug-likeness (QED) is 0.628. The Morgan fingerprint density at radius 3 is 2.40 bits per heavy atom. The van der Waals surface area contributed by atoms with Crippen LogP contribution in [0, 0.1) is 4.78 Å². The molecule has 0 aliphatic rings. The maximum absolute atomic E-state index is 10.3. The summed E-state index contributed by atoms with van der Waals surface area (Å²) in [6.45, 7) is 0. The molecule has 1 rings (SSSR count). The van der Waals surface area contributed by atoms with Gasteiger partial charge in [-0.3, -0.25) is 0 Å². The zero-order chi connectivity index (χ0) is 7.40. The van der Waals surface area contributed by atoms with Crippen LogP contribution < -0.4 is 4.72 Å². The molecule has 4 heteroatoms. The third-order valence-electron chi connectivity index (χ3n) is 0.984. The van der Waals surface area contributed by atoms with E-state index in [2.05, 4.69) is 4.72 Å². The summed E-state index contributed by atoms with van der Waals surface area (Å²) in [7, 11) is -1.72. The summed E-state index contributed by atoms with van der Waals surface area (Å²) >= 11 is 0. The van der Waals surface area contributed by atoms with E-state index in [1.165, 1.54) is 0 Å². The third-order valence-corrected chi connectivity index (χ3v) is 1.41. The van der Waals surface area contributed by atoms with Gasteiger partial charge in [0, 0.05) is 5.69 Å². The van der Waals surface area contributed by atoms with Crippen LogP contribution in [0.3, 0.4) is 0 Å². The van der Waals surface area contributed by atoms with Crippen molar-refractivity contribution in [2.75, 3.05) is 4.72 Å². The smallest absolute Gasteiger partial charge is 0.0180 e. The highest BCUT2D eigenvalue weighted by atomic mass is 32.2. The van der Waals surface area contributed by atoms with Gasteiger partial charge in [-0.25, -0.2) is 0 Å². The van der Waals surface area contributed by atoms with Crippen molar-refractivity contribution in [3.63, 3.8) is 0 Å². The van der Waals surface area contributed by atoms with Crippen molar-refractivity contribution in [2.45, 2.75) is 0 Å². The molecule has 0 saturated heterocycles. The van der Waals surface area contributed by atoms with E-state index in [1.54, 1.807) is 12.1 Å². The molecule has 2 N–H and O–H groups in total. The molecule has 1 aromatic carbocycles. The normalized spacial score (nSPS) is 9.70. The van der Waals surface area contributed by atoms with E-state index in [0.717, 1.165) is 0 Å². The summed E-state index contributed by atoms with van der Waals surface area (Å²) in [4.78, 5) is 0. The van der Waals surface area contributed by atoms with E-state index in [9.17, 15) is 4.21 Å². The Morgan fingerprint density at radius 1 is 1.30 bits per heavy atom. The first-order valence-electron chi connectivity index (χ1n) is 2.74. The van der Waals surface area contributed by atoms with Crippen LogP contribution in [0.2, 0.25) is 0 Å². The minimum atomic E-state index is -1.72. The van der Waals surface area contributed by atoms with Crippen molar-refractivity contribution in [2.24, 2.45) is 0 Å². The Kier molecular flexibility index (Phi) is 2.28. The standard InChI is InChI=1S/C6H7N2OS/c7-10(9)8-6-4-2-1-3-5-6/h1-5H,(H2,7,8,9)/q-1. The molecule has 10 heavy (non-hydrogen) atoms. The highest BCUT2D eigenvalue weighted by Gasteiger charge is 1.78. The van der Waals surface area contributed by atoms with E-state index in [-0.39, 0.29) is 0 Å². The molecule has 0 unspecified atom stereocenters. The zero-order valence-electron chi connectivity index (χ0n) is 5.20. The molecular weight excluding hydrogens is 148 g/mol. The van der Waals surface area contributed by atoms with E-state index in [1.807, 2.05) is 18.2 Å². The van der Waals surface area contributed by atoms with Gasteiger partial charge in [0.25, 0.3) is 0 Å². The number of hydrogen-bond acceptors (Lipinski definition) is 3. The Hall–Kier alpha value is -1.03. The fourth-order valence-electron chi connectivity index (χ4n) is 0.613. The maximum atomic E-state index is 10.3. The summed E-state index contributed by atoms with van der Waals surface area (Å²) in [6, 6.07) is 9.00. The minimum Gasteiger partial charge on any atom is -0.436 e. The number of anilines is 1. The SMILES string of the molecule is N=[S-](=O)Nc1ccccc1. The number of rotatable bonds is 2. The lowest BCUT2D eigenvalue weighted by Crippen LogP contribution is -1.90. The van der Waals surface area contributed by atoms with Crippen molar-refractivity contribution in [1.82, 2.24) is 0 Å². The van der Waals surface area contributed by atoms with Crippen LogP contribution in [-0.2, 0) is 15.0 Å². The van der Waals surface area contributed by atoms with Gasteiger partial charge in [0.15, 0.2) is 0 Å². The number of para-hydroxylation sites is 1. The van der Waals surface area contributed by atoms with E-state index in [0.29, 0.717) is 5.69 Å². The van der Waals surface area contributed by atoms with Gasteiger partial charge in [0.2, 0.25) is 0 Å². The van der Waals surface area contributed by atoms with Crippen molar-refractivity contribution in [1.29, 1.82) is 4.78 Å². The monoisotopic (exact) mass is 155 g/mol. The second kappa shape index (κ2) is 3.22. The van der Waals surface area contributed by atoms with Crippen LogP contribution >= 0.6 is 0 Å². The molecule has 0 aliphatic heterocycles. The van der Waals surface area contributed by atoms with Crippen LogP contribution in [0.4, 0.5) is 5.69 Å². The predicted octanol–water partition coefficient (Wildman–Crippen LogP) is 1.74. The van der Waals surface area contributed by atoms with Crippen molar-refractivity contribution in [3.8, 4) is 0 Å². The number of nitrogens with one attached hydrogen (secondary N) is 2. The van der Waals surface area contributed by atoms with Gasteiger partial charge >= 0.3 is 0 Å².